The number of alkyl halides is 2. The van der Waals surface area contributed by atoms with Gasteiger partial charge in [-0.2, -0.15) is 0 Å². The molecule has 2 aromatic heterocycles. The van der Waals surface area contributed by atoms with Crippen molar-refractivity contribution in [2.75, 3.05) is 25.0 Å². The fourth-order valence-electron chi connectivity index (χ4n) is 1.95. The summed E-state index contributed by atoms with van der Waals surface area (Å²) in [5.74, 6) is -0.243. The molecule has 12 heteroatoms. The first-order chi connectivity index (χ1) is 14.5. The first kappa shape index (κ1) is 32.1. The number of rotatable bonds is 12. The summed E-state index contributed by atoms with van der Waals surface area (Å²) in [5, 5.41) is 20.8. The van der Waals surface area contributed by atoms with Gasteiger partial charge in [-0.05, 0) is 49.9 Å². The normalized spacial score (nSPS) is 9.31. The molecule has 0 atom stereocenters. The molecule has 32 heavy (non-hydrogen) atoms. The molecule has 0 aliphatic carbocycles. The van der Waals surface area contributed by atoms with Crippen LogP contribution >= 0.6 is 23.2 Å². The molecule has 0 aliphatic rings. The van der Waals surface area contributed by atoms with E-state index < -0.39 is 11.9 Å². The van der Waals surface area contributed by atoms with Crippen molar-refractivity contribution in [2.45, 2.75) is 25.7 Å². The second-order valence-electron chi connectivity index (χ2n) is 5.82. The molecule has 2 heterocycles. The van der Waals surface area contributed by atoms with Crippen LogP contribution in [-0.4, -0.2) is 69.7 Å². The van der Waals surface area contributed by atoms with Crippen molar-refractivity contribution in [3.8, 4) is 11.5 Å². The maximum absolute atomic E-state index is 10.4. The molecule has 0 amide bonds. The molecule has 0 spiro atoms. The summed E-state index contributed by atoms with van der Waals surface area (Å²) in [6.07, 6.45) is 6.26. The summed E-state index contributed by atoms with van der Waals surface area (Å²) in [7, 11) is 0. The summed E-state index contributed by atoms with van der Waals surface area (Å²) < 4.78 is 10.6. The molecule has 0 saturated carbocycles. The van der Waals surface area contributed by atoms with Gasteiger partial charge < -0.3 is 34.8 Å². The smallest absolute Gasteiger partial charge is 0.870 e. The SMILES string of the molecule is O=C([O-])c1ccc(OCCCCCl)cn1.O=C([O-])c1ccc(OCCCCCl)cn1.[Al+3].[OH-]. The van der Waals surface area contributed by atoms with E-state index in [1.165, 1.54) is 24.5 Å². The van der Waals surface area contributed by atoms with Gasteiger partial charge in [0.2, 0.25) is 0 Å². The predicted octanol–water partition coefficient (Wildman–Crippen LogP) is 1.13. The van der Waals surface area contributed by atoms with Gasteiger partial charge in [0.1, 0.15) is 11.5 Å². The Kier molecular flexibility index (Phi) is 19.6. The number of carbonyl (C=O) groups is 2. The molecule has 0 radical (unpaired) electrons. The van der Waals surface area contributed by atoms with Crippen LogP contribution in [0.1, 0.15) is 46.7 Å². The minimum atomic E-state index is -1.29. The number of carbonyl (C=O) groups excluding carboxylic acids is 2. The van der Waals surface area contributed by atoms with Crippen LogP contribution in [0.4, 0.5) is 0 Å². The third-order valence-electron chi connectivity index (χ3n) is 3.48. The predicted molar refractivity (Wildman–Crippen MR) is 116 cm³/mol. The third kappa shape index (κ3) is 14.1. The van der Waals surface area contributed by atoms with E-state index in [1.807, 2.05) is 0 Å². The van der Waals surface area contributed by atoms with Gasteiger partial charge in [0.25, 0.3) is 0 Å². The monoisotopic (exact) mass is 500 g/mol. The Labute approximate surface area is 207 Å². The third-order valence-corrected chi connectivity index (χ3v) is 4.02. The Morgan fingerprint density at radius 1 is 0.750 bits per heavy atom. The number of pyridine rings is 2. The molecule has 2 aromatic rings. The van der Waals surface area contributed by atoms with Gasteiger partial charge in [0.05, 0.1) is 48.9 Å². The molecule has 1 N–H and O–H groups in total. The van der Waals surface area contributed by atoms with Gasteiger partial charge in [-0.3, -0.25) is 9.97 Å². The summed E-state index contributed by atoms with van der Waals surface area (Å²) >= 11 is 11.0. The molecular weight excluding hydrogens is 478 g/mol. The zero-order chi connectivity index (χ0) is 22.2. The topological polar surface area (TPSA) is 154 Å². The Hall–Kier alpha value is -2.09. The number of ether oxygens (including phenoxy) is 2. The average molecular weight is 501 g/mol. The molecule has 2 rings (SSSR count). The van der Waals surface area contributed by atoms with Gasteiger partial charge >= 0.3 is 17.4 Å². The van der Waals surface area contributed by atoms with Crippen LogP contribution < -0.4 is 19.7 Å². The molecule has 9 nitrogen and oxygen atoms in total. The number of carboxylic acid groups (broad SMARTS) is 2. The van der Waals surface area contributed by atoms with E-state index in [1.54, 1.807) is 12.1 Å². The first-order valence-corrected chi connectivity index (χ1v) is 10.3. The van der Waals surface area contributed by atoms with Crippen molar-refractivity contribution in [1.29, 1.82) is 0 Å². The number of aromatic carboxylic acids is 2. The summed E-state index contributed by atoms with van der Waals surface area (Å²) in [4.78, 5) is 28.1. The van der Waals surface area contributed by atoms with Crippen LogP contribution in [0.25, 0.3) is 0 Å². The van der Waals surface area contributed by atoms with E-state index in [4.69, 9.17) is 32.7 Å². The van der Waals surface area contributed by atoms with Crippen molar-refractivity contribution in [2.24, 2.45) is 0 Å². The molecule has 0 aromatic carbocycles. The van der Waals surface area contributed by atoms with Crippen molar-refractivity contribution in [3.63, 3.8) is 0 Å². The largest absolute Gasteiger partial charge is 3.00 e. The number of unbranched alkanes of at least 4 members (excludes halogenated alkanes) is 2. The fourth-order valence-corrected chi connectivity index (χ4v) is 2.32. The maximum Gasteiger partial charge on any atom is 3.00 e. The van der Waals surface area contributed by atoms with Crippen molar-refractivity contribution < 1.29 is 34.8 Å². The molecule has 0 saturated heterocycles. The molecule has 0 bridgehead atoms. The standard InChI is InChI=1S/2C10H12ClNO3.Al.H2O/c2*11-5-1-2-6-15-8-3-4-9(10(13)14)12-7-8;;/h2*3-4,7H,1-2,5-6H2,(H,13,14);;1H2/q;;+3;/p-3. The minimum Gasteiger partial charge on any atom is -0.870 e. The Bertz CT molecular complexity index is 700. The quantitative estimate of drug-likeness (QED) is 0.236. The average Bonchev–Trinajstić information content (AvgIpc) is 2.75. The van der Waals surface area contributed by atoms with E-state index in [0.29, 0.717) is 36.5 Å². The maximum atomic E-state index is 10.4. The Morgan fingerprint density at radius 3 is 1.38 bits per heavy atom. The summed E-state index contributed by atoms with van der Waals surface area (Å²) in [5.41, 5.74) is -0.189. The van der Waals surface area contributed by atoms with Crippen molar-refractivity contribution in [1.82, 2.24) is 9.97 Å². The molecule has 0 unspecified atom stereocenters. The number of carboxylic acids is 2. The van der Waals surface area contributed by atoms with E-state index >= 15 is 0 Å². The zero-order valence-corrected chi connectivity index (χ0v) is 19.9. The first-order valence-electron chi connectivity index (χ1n) is 9.20. The van der Waals surface area contributed by atoms with Crippen molar-refractivity contribution >= 4 is 52.5 Å². The van der Waals surface area contributed by atoms with Crippen LogP contribution in [0.3, 0.4) is 0 Å². The van der Waals surface area contributed by atoms with Gasteiger partial charge in [-0.15, -0.1) is 23.2 Å². The summed E-state index contributed by atoms with van der Waals surface area (Å²) in [6, 6.07) is 5.82. The van der Waals surface area contributed by atoms with E-state index in [0.717, 1.165) is 25.7 Å². The number of aromatic nitrogens is 2. The molecular formula is C20H23AlCl2N2O7. The van der Waals surface area contributed by atoms with Gasteiger partial charge in [0.15, 0.2) is 0 Å². The molecule has 0 fully saturated rings. The molecule has 0 aliphatic heterocycles. The van der Waals surface area contributed by atoms with E-state index in [-0.39, 0.29) is 34.2 Å². The Morgan fingerprint density at radius 2 is 1.12 bits per heavy atom. The van der Waals surface area contributed by atoms with Gasteiger partial charge in [-0.1, -0.05) is 0 Å². The van der Waals surface area contributed by atoms with Crippen LogP contribution in [0.15, 0.2) is 36.7 Å². The Balaban J connectivity index is 0. The second kappa shape index (κ2) is 19.6. The number of hydrogen-bond donors (Lipinski definition) is 0. The second-order valence-corrected chi connectivity index (χ2v) is 6.58. The van der Waals surface area contributed by atoms with Crippen LogP contribution in [0.5, 0.6) is 11.5 Å². The van der Waals surface area contributed by atoms with Crippen LogP contribution in [0, 0.1) is 0 Å². The van der Waals surface area contributed by atoms with E-state index in [2.05, 4.69) is 9.97 Å². The van der Waals surface area contributed by atoms with Gasteiger partial charge in [-0.25, -0.2) is 0 Å². The molecule has 172 valence electrons. The van der Waals surface area contributed by atoms with Crippen LogP contribution in [0.2, 0.25) is 0 Å². The summed E-state index contributed by atoms with van der Waals surface area (Å²) in [6.45, 7) is 1.11. The van der Waals surface area contributed by atoms with Crippen molar-refractivity contribution in [3.05, 3.63) is 48.0 Å². The zero-order valence-electron chi connectivity index (χ0n) is 17.2. The van der Waals surface area contributed by atoms with Crippen LogP contribution in [-0.2, 0) is 0 Å². The number of nitrogens with zero attached hydrogens (tertiary/aromatic N) is 2. The number of halogens is 2. The number of hydrogen-bond acceptors (Lipinski definition) is 9. The van der Waals surface area contributed by atoms with E-state index in [9.17, 15) is 19.8 Å². The fraction of sp³-hybridized carbons (Fsp3) is 0.400. The minimum absolute atomic E-state index is 0. The van der Waals surface area contributed by atoms with Gasteiger partial charge in [0, 0.05) is 11.8 Å².